The number of ether oxygens (including phenoxy) is 1. The molecule has 3 heteroatoms. The molecule has 0 aromatic rings. The van der Waals surface area contributed by atoms with Crippen LogP contribution in [0, 0.1) is 5.92 Å². The molecule has 10 heavy (non-hydrogen) atoms. The molecule has 2 rings (SSSR count). The van der Waals surface area contributed by atoms with Gasteiger partial charge < -0.3 is 14.9 Å². The first-order valence-electron chi connectivity index (χ1n) is 3.77. The number of hydrogen-bond donors (Lipinski definition) is 2. The van der Waals surface area contributed by atoms with Gasteiger partial charge in [0.2, 0.25) is 0 Å². The quantitative estimate of drug-likeness (QED) is 0.522. The molecule has 2 aliphatic rings. The van der Waals surface area contributed by atoms with Crippen LogP contribution in [0.25, 0.3) is 0 Å². The van der Waals surface area contributed by atoms with Gasteiger partial charge in [-0.15, -0.1) is 0 Å². The first-order valence-corrected chi connectivity index (χ1v) is 3.77. The third kappa shape index (κ3) is 0.713. The van der Waals surface area contributed by atoms with Crippen LogP contribution >= 0.6 is 0 Å². The molecule has 0 aromatic carbocycles. The van der Waals surface area contributed by atoms with Crippen LogP contribution in [0.1, 0.15) is 12.8 Å². The minimum absolute atomic E-state index is 0.0150. The van der Waals surface area contributed by atoms with E-state index in [0.29, 0.717) is 0 Å². The predicted octanol–water partition coefficient (Wildman–Crippen LogP) is -0.483. The van der Waals surface area contributed by atoms with Gasteiger partial charge in [-0.1, -0.05) is 0 Å². The van der Waals surface area contributed by atoms with Crippen LogP contribution in [0.15, 0.2) is 0 Å². The summed E-state index contributed by atoms with van der Waals surface area (Å²) in [5.74, 6) is -0.0150. The molecule has 2 aliphatic heterocycles. The van der Waals surface area contributed by atoms with Gasteiger partial charge in [0.15, 0.2) is 0 Å². The first kappa shape index (κ1) is 6.58. The van der Waals surface area contributed by atoms with Crippen molar-refractivity contribution < 1.29 is 14.9 Å². The van der Waals surface area contributed by atoms with Crippen molar-refractivity contribution in [3.63, 3.8) is 0 Å². The maximum Gasteiger partial charge on any atom is 0.0876 e. The highest BCUT2D eigenvalue weighted by Gasteiger charge is 2.47. The summed E-state index contributed by atoms with van der Waals surface area (Å²) in [6, 6.07) is 0. The summed E-state index contributed by atoms with van der Waals surface area (Å²) in [5, 5.41) is 18.2. The zero-order valence-corrected chi connectivity index (χ0v) is 5.73. The smallest absolute Gasteiger partial charge is 0.0876 e. The lowest BCUT2D eigenvalue weighted by Crippen LogP contribution is -2.34. The van der Waals surface area contributed by atoms with E-state index in [-0.39, 0.29) is 24.7 Å². The average Bonchev–Trinajstić information content (AvgIpc) is 2.46. The fraction of sp³-hybridized carbons (Fsp3) is 1.00. The minimum atomic E-state index is -0.413. The van der Waals surface area contributed by atoms with Gasteiger partial charge in [-0.2, -0.15) is 0 Å². The second-order valence-corrected chi connectivity index (χ2v) is 3.13. The number of aliphatic hydroxyl groups excluding tert-OH is 2. The van der Waals surface area contributed by atoms with E-state index in [1.54, 1.807) is 0 Å². The standard InChI is InChI=1S/C7H12O3/c8-3-4-5-1-2-6(10-5)7(4)9/h4-9H,1-3H2/t4-,5-,6+,7+/m1/s1. The van der Waals surface area contributed by atoms with Crippen molar-refractivity contribution in [2.45, 2.75) is 31.2 Å². The average molecular weight is 144 g/mol. The molecule has 0 aromatic heterocycles. The molecule has 0 radical (unpaired) electrons. The molecular formula is C7H12O3. The van der Waals surface area contributed by atoms with E-state index in [0.717, 1.165) is 12.8 Å². The number of fused-ring (bicyclic) bond motifs is 2. The molecule has 2 saturated heterocycles. The van der Waals surface area contributed by atoms with E-state index in [9.17, 15) is 5.11 Å². The van der Waals surface area contributed by atoms with E-state index in [1.165, 1.54) is 0 Å². The Kier molecular flexibility index (Phi) is 1.44. The fourth-order valence-electron chi connectivity index (χ4n) is 1.98. The third-order valence-electron chi connectivity index (χ3n) is 2.59. The molecule has 2 bridgehead atoms. The van der Waals surface area contributed by atoms with Gasteiger partial charge in [-0.25, -0.2) is 0 Å². The zero-order valence-electron chi connectivity index (χ0n) is 5.73. The highest BCUT2D eigenvalue weighted by molar-refractivity contribution is 4.95. The van der Waals surface area contributed by atoms with Crippen molar-refractivity contribution in [1.82, 2.24) is 0 Å². The summed E-state index contributed by atoms with van der Waals surface area (Å²) in [4.78, 5) is 0. The molecule has 0 amide bonds. The molecule has 2 N–H and O–H groups in total. The Morgan fingerprint density at radius 3 is 2.40 bits per heavy atom. The molecule has 2 heterocycles. The molecule has 0 spiro atoms. The topological polar surface area (TPSA) is 49.7 Å². The Morgan fingerprint density at radius 2 is 2.00 bits per heavy atom. The molecule has 2 fully saturated rings. The lowest BCUT2D eigenvalue weighted by Gasteiger charge is -2.20. The van der Waals surface area contributed by atoms with Crippen molar-refractivity contribution in [1.29, 1.82) is 0 Å². The van der Waals surface area contributed by atoms with Crippen molar-refractivity contribution in [2.24, 2.45) is 5.92 Å². The zero-order chi connectivity index (χ0) is 7.14. The van der Waals surface area contributed by atoms with E-state index < -0.39 is 6.10 Å². The highest BCUT2D eigenvalue weighted by atomic mass is 16.5. The normalized spacial score (nSPS) is 52.2. The second kappa shape index (κ2) is 2.19. The van der Waals surface area contributed by atoms with Gasteiger partial charge in [0.05, 0.1) is 24.9 Å². The lowest BCUT2D eigenvalue weighted by atomic mass is 9.87. The third-order valence-corrected chi connectivity index (χ3v) is 2.59. The minimum Gasteiger partial charge on any atom is -0.396 e. The summed E-state index contributed by atoms with van der Waals surface area (Å²) >= 11 is 0. The first-order chi connectivity index (χ1) is 4.83. The molecule has 4 atom stereocenters. The fourth-order valence-corrected chi connectivity index (χ4v) is 1.98. The molecule has 0 unspecified atom stereocenters. The second-order valence-electron chi connectivity index (χ2n) is 3.13. The Balaban J connectivity index is 2.10. The molecule has 0 aliphatic carbocycles. The maximum absolute atomic E-state index is 9.39. The molecular weight excluding hydrogens is 132 g/mol. The van der Waals surface area contributed by atoms with Crippen LogP contribution in [-0.2, 0) is 4.74 Å². The van der Waals surface area contributed by atoms with E-state index in [1.807, 2.05) is 0 Å². The predicted molar refractivity (Wildman–Crippen MR) is 34.5 cm³/mol. The molecule has 0 saturated carbocycles. The van der Waals surface area contributed by atoms with Gasteiger partial charge in [-0.05, 0) is 12.8 Å². The van der Waals surface area contributed by atoms with Gasteiger partial charge in [-0.3, -0.25) is 0 Å². The molecule has 58 valence electrons. The Morgan fingerprint density at radius 1 is 1.30 bits per heavy atom. The van der Waals surface area contributed by atoms with E-state index in [2.05, 4.69) is 0 Å². The SMILES string of the molecule is OC[C@H]1[C@H](O)[C@@H]2CC[C@H]1O2. The number of aliphatic hydroxyl groups is 2. The monoisotopic (exact) mass is 144 g/mol. The Hall–Kier alpha value is -0.120. The van der Waals surface area contributed by atoms with Crippen molar-refractivity contribution >= 4 is 0 Å². The summed E-state index contributed by atoms with van der Waals surface area (Å²) in [5.41, 5.74) is 0. The highest BCUT2D eigenvalue weighted by Crippen LogP contribution is 2.38. The summed E-state index contributed by atoms with van der Waals surface area (Å²) in [6.07, 6.45) is 1.70. The summed E-state index contributed by atoms with van der Waals surface area (Å²) < 4.78 is 5.38. The van der Waals surface area contributed by atoms with Crippen molar-refractivity contribution in [2.75, 3.05) is 6.61 Å². The van der Waals surface area contributed by atoms with E-state index >= 15 is 0 Å². The maximum atomic E-state index is 9.39. The van der Waals surface area contributed by atoms with Crippen LogP contribution < -0.4 is 0 Å². The summed E-state index contributed by atoms with van der Waals surface area (Å²) in [7, 11) is 0. The van der Waals surface area contributed by atoms with Crippen molar-refractivity contribution in [3.8, 4) is 0 Å². The van der Waals surface area contributed by atoms with Crippen LogP contribution in [0.3, 0.4) is 0 Å². The number of rotatable bonds is 1. The Labute approximate surface area is 59.6 Å². The van der Waals surface area contributed by atoms with Gasteiger partial charge in [0.25, 0.3) is 0 Å². The Bertz CT molecular complexity index is 135. The van der Waals surface area contributed by atoms with E-state index in [4.69, 9.17) is 9.84 Å². The largest absolute Gasteiger partial charge is 0.396 e. The van der Waals surface area contributed by atoms with Crippen LogP contribution in [0.5, 0.6) is 0 Å². The van der Waals surface area contributed by atoms with Gasteiger partial charge >= 0.3 is 0 Å². The molecule has 3 nitrogen and oxygen atoms in total. The lowest BCUT2D eigenvalue weighted by molar-refractivity contribution is 0.0452. The number of hydrogen-bond acceptors (Lipinski definition) is 3. The van der Waals surface area contributed by atoms with Crippen LogP contribution in [0.4, 0.5) is 0 Å². The van der Waals surface area contributed by atoms with Gasteiger partial charge in [0, 0.05) is 5.92 Å². The van der Waals surface area contributed by atoms with Crippen LogP contribution in [-0.4, -0.2) is 35.1 Å². The van der Waals surface area contributed by atoms with Gasteiger partial charge in [0.1, 0.15) is 0 Å². The van der Waals surface area contributed by atoms with Crippen molar-refractivity contribution in [3.05, 3.63) is 0 Å². The summed E-state index contributed by atoms with van der Waals surface area (Å²) in [6.45, 7) is 0.0579. The van der Waals surface area contributed by atoms with Crippen LogP contribution in [0.2, 0.25) is 0 Å².